The van der Waals surface area contributed by atoms with Crippen LogP contribution >= 0.6 is 0 Å². The summed E-state index contributed by atoms with van der Waals surface area (Å²) in [7, 11) is 0. The number of fused-ring (bicyclic) bond motifs is 1. The van der Waals surface area contributed by atoms with Crippen LogP contribution in [-0.2, 0) is 0 Å². The predicted octanol–water partition coefficient (Wildman–Crippen LogP) is 6.04. The van der Waals surface area contributed by atoms with Gasteiger partial charge in [0.15, 0.2) is 11.6 Å². The summed E-state index contributed by atoms with van der Waals surface area (Å²) < 4.78 is 28.6. The number of aromatic hydroxyl groups is 1. The van der Waals surface area contributed by atoms with Gasteiger partial charge in [0.2, 0.25) is 0 Å². The van der Waals surface area contributed by atoms with Gasteiger partial charge in [-0.3, -0.25) is 4.98 Å². The fraction of sp³-hybridized carbons (Fsp3) is 0.276. The third kappa shape index (κ3) is 4.28. The van der Waals surface area contributed by atoms with E-state index in [1.54, 1.807) is 12.1 Å². The van der Waals surface area contributed by atoms with E-state index in [0.29, 0.717) is 17.0 Å². The van der Waals surface area contributed by atoms with Crippen molar-refractivity contribution in [1.82, 2.24) is 15.6 Å². The molecule has 35 heavy (non-hydrogen) atoms. The number of benzene rings is 3. The lowest BCUT2D eigenvalue weighted by Crippen LogP contribution is -2.50. The number of pyridine rings is 1. The second-order valence-electron chi connectivity index (χ2n) is 9.38. The topological polar surface area (TPSA) is 57.2 Å². The lowest BCUT2D eigenvalue weighted by molar-refractivity contribution is 0.231. The molecule has 5 rings (SSSR count). The first-order chi connectivity index (χ1) is 16.9. The Morgan fingerprint density at radius 1 is 1.06 bits per heavy atom. The first kappa shape index (κ1) is 23.4. The molecule has 0 radical (unpaired) electrons. The number of rotatable bonds is 6. The fourth-order valence-corrected chi connectivity index (χ4v) is 5.12. The van der Waals surface area contributed by atoms with Gasteiger partial charge in [0, 0.05) is 47.8 Å². The van der Waals surface area contributed by atoms with Crippen molar-refractivity contribution in [3.05, 3.63) is 83.1 Å². The van der Waals surface area contributed by atoms with Gasteiger partial charge in [-0.05, 0) is 78.5 Å². The lowest BCUT2D eigenvalue weighted by atomic mass is 9.80. The van der Waals surface area contributed by atoms with E-state index < -0.39 is 5.82 Å². The second-order valence-corrected chi connectivity index (χ2v) is 9.38. The second kappa shape index (κ2) is 9.36. The van der Waals surface area contributed by atoms with Crippen LogP contribution in [0, 0.1) is 31.4 Å². The van der Waals surface area contributed by atoms with Gasteiger partial charge in [-0.2, -0.15) is 0 Å². The number of aryl methyl sites for hydroxylation is 2. The minimum absolute atomic E-state index is 0.0515. The Bertz CT molecular complexity index is 1400. The lowest BCUT2D eigenvalue weighted by Gasteiger charge is -2.40. The van der Waals surface area contributed by atoms with Crippen LogP contribution in [0.2, 0.25) is 0 Å². The SMILES string of the molecule is CCNCC1CNC1c1c(-c2cc(C)cc(F)c2)cnc2ccc(-c3c(C)ccc(F)c3O)cc12. The Labute approximate surface area is 204 Å². The number of halogens is 2. The minimum Gasteiger partial charge on any atom is -0.504 e. The Morgan fingerprint density at radius 3 is 2.60 bits per heavy atom. The molecule has 1 aliphatic heterocycles. The van der Waals surface area contributed by atoms with Crippen molar-refractivity contribution < 1.29 is 13.9 Å². The Hall–Kier alpha value is -3.35. The molecule has 0 bridgehead atoms. The highest BCUT2D eigenvalue weighted by atomic mass is 19.1. The highest BCUT2D eigenvalue weighted by Gasteiger charge is 2.34. The summed E-state index contributed by atoms with van der Waals surface area (Å²) in [4.78, 5) is 4.70. The van der Waals surface area contributed by atoms with Crippen LogP contribution in [0.4, 0.5) is 8.78 Å². The monoisotopic (exact) mass is 473 g/mol. The minimum atomic E-state index is -0.653. The number of hydrogen-bond donors (Lipinski definition) is 3. The van der Waals surface area contributed by atoms with E-state index in [0.717, 1.165) is 58.4 Å². The summed E-state index contributed by atoms with van der Waals surface area (Å²) in [5.74, 6) is -0.935. The van der Waals surface area contributed by atoms with Crippen LogP contribution in [0.3, 0.4) is 0 Å². The molecule has 2 heterocycles. The predicted molar refractivity (Wildman–Crippen MR) is 136 cm³/mol. The average molecular weight is 474 g/mol. The molecule has 3 N–H and O–H groups in total. The molecule has 1 fully saturated rings. The normalized spacial score (nSPS) is 17.5. The first-order valence-electron chi connectivity index (χ1n) is 12.0. The number of nitrogens with zero attached hydrogens (tertiary/aromatic N) is 1. The molecule has 0 saturated carbocycles. The summed E-state index contributed by atoms with van der Waals surface area (Å²) in [6.45, 7) is 8.45. The van der Waals surface area contributed by atoms with Gasteiger partial charge in [0.1, 0.15) is 5.82 Å². The molecule has 0 aliphatic carbocycles. The molecule has 6 heteroatoms. The summed E-state index contributed by atoms with van der Waals surface area (Å²) in [6.07, 6.45) is 1.82. The van der Waals surface area contributed by atoms with E-state index in [2.05, 4.69) is 17.6 Å². The van der Waals surface area contributed by atoms with E-state index in [1.807, 2.05) is 44.3 Å². The molecule has 180 valence electrons. The number of aromatic nitrogens is 1. The van der Waals surface area contributed by atoms with Gasteiger partial charge in [-0.15, -0.1) is 0 Å². The number of phenols is 1. The van der Waals surface area contributed by atoms with Crippen molar-refractivity contribution in [2.75, 3.05) is 19.6 Å². The standard InChI is InChI=1S/C29H29F2N3O/c1-4-32-13-20-14-34-28(20)27-22-12-18(26-17(3)5-7-24(31)29(26)35)6-8-25(22)33-15-23(27)19-9-16(2)10-21(30)11-19/h5-12,15,20,28,32,34-35H,4,13-14H2,1-3H3. The quantitative estimate of drug-likeness (QED) is 0.320. The van der Waals surface area contributed by atoms with Gasteiger partial charge < -0.3 is 15.7 Å². The van der Waals surface area contributed by atoms with Crippen molar-refractivity contribution in [2.45, 2.75) is 26.8 Å². The highest BCUT2D eigenvalue weighted by molar-refractivity contribution is 5.93. The molecule has 0 spiro atoms. The number of nitrogens with one attached hydrogen (secondary N) is 2. The van der Waals surface area contributed by atoms with E-state index in [9.17, 15) is 13.9 Å². The van der Waals surface area contributed by atoms with Crippen molar-refractivity contribution in [2.24, 2.45) is 5.92 Å². The summed E-state index contributed by atoms with van der Waals surface area (Å²) in [5.41, 5.74) is 6.29. The third-order valence-electron chi connectivity index (χ3n) is 6.93. The summed E-state index contributed by atoms with van der Waals surface area (Å²) in [6, 6.07) is 13.8. The van der Waals surface area contributed by atoms with Gasteiger partial charge in [-0.25, -0.2) is 8.78 Å². The van der Waals surface area contributed by atoms with Crippen LogP contribution in [-0.4, -0.2) is 29.7 Å². The van der Waals surface area contributed by atoms with Crippen LogP contribution in [0.5, 0.6) is 5.75 Å². The Balaban J connectivity index is 1.76. The smallest absolute Gasteiger partial charge is 0.165 e. The van der Waals surface area contributed by atoms with Crippen molar-refractivity contribution in [3.63, 3.8) is 0 Å². The maximum absolute atomic E-state index is 14.4. The molecular formula is C29H29F2N3O. The molecule has 2 unspecified atom stereocenters. The van der Waals surface area contributed by atoms with Gasteiger partial charge in [0.25, 0.3) is 0 Å². The molecule has 0 amide bonds. The third-order valence-corrected chi connectivity index (χ3v) is 6.93. The molecular weight excluding hydrogens is 444 g/mol. The van der Waals surface area contributed by atoms with E-state index >= 15 is 0 Å². The Kier molecular flexibility index (Phi) is 6.26. The van der Waals surface area contributed by atoms with Crippen LogP contribution < -0.4 is 10.6 Å². The van der Waals surface area contributed by atoms with E-state index in [4.69, 9.17) is 4.98 Å². The van der Waals surface area contributed by atoms with Crippen LogP contribution in [0.25, 0.3) is 33.2 Å². The summed E-state index contributed by atoms with van der Waals surface area (Å²) in [5, 5.41) is 18.4. The molecule has 1 aromatic heterocycles. The van der Waals surface area contributed by atoms with Crippen LogP contribution in [0.15, 0.2) is 54.7 Å². The van der Waals surface area contributed by atoms with Crippen molar-refractivity contribution in [3.8, 4) is 28.0 Å². The largest absolute Gasteiger partial charge is 0.504 e. The van der Waals surface area contributed by atoms with Gasteiger partial charge >= 0.3 is 0 Å². The maximum atomic E-state index is 14.4. The molecule has 4 aromatic rings. The zero-order valence-corrected chi connectivity index (χ0v) is 20.1. The molecule has 3 aromatic carbocycles. The fourth-order valence-electron chi connectivity index (χ4n) is 5.12. The molecule has 1 aliphatic rings. The summed E-state index contributed by atoms with van der Waals surface area (Å²) >= 11 is 0. The first-order valence-corrected chi connectivity index (χ1v) is 12.0. The number of hydrogen-bond acceptors (Lipinski definition) is 4. The van der Waals surface area contributed by atoms with E-state index in [1.165, 1.54) is 12.1 Å². The zero-order chi connectivity index (χ0) is 24.7. The van der Waals surface area contributed by atoms with Gasteiger partial charge in [0.05, 0.1) is 5.52 Å². The highest BCUT2D eigenvalue weighted by Crippen LogP contribution is 2.42. The van der Waals surface area contributed by atoms with Crippen molar-refractivity contribution >= 4 is 10.9 Å². The number of phenolic OH excluding ortho intramolecular Hbond substituents is 1. The molecule has 2 atom stereocenters. The van der Waals surface area contributed by atoms with Gasteiger partial charge in [-0.1, -0.05) is 25.1 Å². The van der Waals surface area contributed by atoms with Crippen LogP contribution in [0.1, 0.15) is 29.7 Å². The Morgan fingerprint density at radius 2 is 1.89 bits per heavy atom. The van der Waals surface area contributed by atoms with E-state index in [-0.39, 0.29) is 17.6 Å². The average Bonchev–Trinajstić information content (AvgIpc) is 2.81. The van der Waals surface area contributed by atoms with Crippen molar-refractivity contribution in [1.29, 1.82) is 0 Å². The molecule has 4 nitrogen and oxygen atoms in total. The molecule has 1 saturated heterocycles. The zero-order valence-electron chi connectivity index (χ0n) is 20.1. The maximum Gasteiger partial charge on any atom is 0.165 e.